The van der Waals surface area contributed by atoms with Crippen LogP contribution >= 0.6 is 0 Å². The molecule has 0 aromatic carbocycles. The molecule has 0 spiro atoms. The third-order valence-electron chi connectivity index (χ3n) is 3.62. The lowest BCUT2D eigenvalue weighted by Crippen LogP contribution is -2.36. The van der Waals surface area contributed by atoms with E-state index in [2.05, 4.69) is 30.3 Å². The molecule has 0 radical (unpaired) electrons. The first-order chi connectivity index (χ1) is 9.24. The van der Waals surface area contributed by atoms with Crippen molar-refractivity contribution in [3.05, 3.63) is 17.5 Å². The van der Waals surface area contributed by atoms with Gasteiger partial charge in [0.25, 0.3) is 0 Å². The fourth-order valence-electron chi connectivity index (χ4n) is 2.48. The highest BCUT2D eigenvalue weighted by Crippen LogP contribution is 2.08. The van der Waals surface area contributed by atoms with Gasteiger partial charge in [-0.25, -0.2) is 0 Å². The third kappa shape index (κ3) is 3.56. The maximum absolute atomic E-state index is 11.9. The summed E-state index contributed by atoms with van der Waals surface area (Å²) >= 11 is 0. The summed E-state index contributed by atoms with van der Waals surface area (Å²) in [7, 11) is 0. The summed E-state index contributed by atoms with van der Waals surface area (Å²) in [6.07, 6.45) is 3.25. The number of likely N-dealkylation sites (tertiary alicyclic amines) is 1. The Bertz CT molecular complexity index is 421. The zero-order valence-electron chi connectivity index (χ0n) is 12.0. The predicted molar refractivity (Wildman–Crippen MR) is 74.8 cm³/mol. The highest BCUT2D eigenvalue weighted by Gasteiger charge is 2.17. The van der Waals surface area contributed by atoms with Crippen molar-refractivity contribution in [3.8, 4) is 0 Å². The lowest BCUT2D eigenvalue weighted by Gasteiger charge is -2.15. The molecule has 0 aliphatic carbocycles. The van der Waals surface area contributed by atoms with Gasteiger partial charge in [0.15, 0.2) is 0 Å². The van der Waals surface area contributed by atoms with Crippen LogP contribution in [-0.2, 0) is 24.3 Å². The summed E-state index contributed by atoms with van der Waals surface area (Å²) < 4.78 is 2.01. The Morgan fingerprint density at radius 3 is 2.74 bits per heavy atom. The molecule has 0 bridgehead atoms. The number of nitrogens with one attached hydrogen (secondary N) is 1. The number of carbonyl (C=O) groups excluding carboxylic acids is 1. The van der Waals surface area contributed by atoms with Gasteiger partial charge in [-0.2, -0.15) is 5.10 Å². The van der Waals surface area contributed by atoms with Gasteiger partial charge in [0.05, 0.1) is 17.9 Å². The van der Waals surface area contributed by atoms with E-state index in [4.69, 9.17) is 0 Å². The van der Waals surface area contributed by atoms with E-state index in [0.29, 0.717) is 13.1 Å². The van der Waals surface area contributed by atoms with E-state index in [1.54, 1.807) is 0 Å². The van der Waals surface area contributed by atoms with Crippen LogP contribution < -0.4 is 5.32 Å². The van der Waals surface area contributed by atoms with Gasteiger partial charge in [-0.15, -0.1) is 0 Å². The van der Waals surface area contributed by atoms with Crippen LogP contribution in [0.4, 0.5) is 0 Å². The molecule has 2 rings (SSSR count). The number of carbonyl (C=O) groups is 1. The Morgan fingerprint density at radius 1 is 1.37 bits per heavy atom. The minimum atomic E-state index is 0.218. The van der Waals surface area contributed by atoms with Crippen LogP contribution in [0.3, 0.4) is 0 Å². The summed E-state index contributed by atoms with van der Waals surface area (Å²) in [6, 6.07) is 2.12. The average molecular weight is 264 g/mol. The van der Waals surface area contributed by atoms with Gasteiger partial charge in [0.2, 0.25) is 5.91 Å². The van der Waals surface area contributed by atoms with Crippen LogP contribution in [0.1, 0.15) is 38.1 Å². The molecular weight excluding hydrogens is 240 g/mol. The minimum absolute atomic E-state index is 0.218. The largest absolute Gasteiger partial charge is 0.342 e. The average Bonchev–Trinajstić information content (AvgIpc) is 3.07. The predicted octanol–water partition coefficient (Wildman–Crippen LogP) is 1.18. The summed E-state index contributed by atoms with van der Waals surface area (Å²) in [5, 5.41) is 7.74. The number of nitrogens with zero attached hydrogens (tertiary/aromatic N) is 3. The highest BCUT2D eigenvalue weighted by atomic mass is 16.2. The fraction of sp³-hybridized carbons (Fsp3) is 0.714. The van der Waals surface area contributed by atoms with Crippen molar-refractivity contribution in [1.82, 2.24) is 20.0 Å². The van der Waals surface area contributed by atoms with E-state index < -0.39 is 0 Å². The summed E-state index contributed by atoms with van der Waals surface area (Å²) in [4.78, 5) is 13.8. The van der Waals surface area contributed by atoms with Crippen LogP contribution in [0, 0.1) is 0 Å². The van der Waals surface area contributed by atoms with Crippen molar-refractivity contribution in [3.63, 3.8) is 0 Å². The molecule has 1 aromatic rings. The summed E-state index contributed by atoms with van der Waals surface area (Å²) in [5.74, 6) is 0.218. The minimum Gasteiger partial charge on any atom is -0.342 e. The van der Waals surface area contributed by atoms with Gasteiger partial charge < -0.3 is 10.2 Å². The Labute approximate surface area is 115 Å². The first-order valence-corrected chi connectivity index (χ1v) is 7.28. The van der Waals surface area contributed by atoms with Crippen molar-refractivity contribution >= 4 is 5.91 Å². The molecule has 5 nitrogen and oxygen atoms in total. The maximum Gasteiger partial charge on any atom is 0.236 e. The van der Waals surface area contributed by atoms with Gasteiger partial charge >= 0.3 is 0 Å². The number of hydrogen-bond donors (Lipinski definition) is 1. The molecule has 0 atom stereocenters. The van der Waals surface area contributed by atoms with Gasteiger partial charge in [-0.1, -0.05) is 6.92 Å². The first kappa shape index (κ1) is 14.1. The monoisotopic (exact) mass is 264 g/mol. The van der Waals surface area contributed by atoms with Gasteiger partial charge in [-0.05, 0) is 32.3 Å². The molecule has 2 heterocycles. The lowest BCUT2D eigenvalue weighted by molar-refractivity contribution is -0.129. The normalized spacial score (nSPS) is 15.2. The first-order valence-electron chi connectivity index (χ1n) is 7.28. The SMILES string of the molecule is CCc1cc(CNCC(=O)N2CCCC2)n(CC)n1. The molecule has 1 fully saturated rings. The van der Waals surface area contributed by atoms with Crippen LogP contribution in [0.25, 0.3) is 0 Å². The van der Waals surface area contributed by atoms with Crippen molar-refractivity contribution in [2.24, 2.45) is 0 Å². The van der Waals surface area contributed by atoms with Gasteiger partial charge in [0.1, 0.15) is 0 Å². The molecule has 1 N–H and O–H groups in total. The van der Waals surface area contributed by atoms with Crippen LogP contribution in [0.5, 0.6) is 0 Å². The highest BCUT2D eigenvalue weighted by molar-refractivity contribution is 5.78. The molecule has 106 valence electrons. The molecule has 1 saturated heterocycles. The topological polar surface area (TPSA) is 50.2 Å². The Morgan fingerprint density at radius 2 is 2.11 bits per heavy atom. The van der Waals surface area contributed by atoms with Gasteiger partial charge in [-0.3, -0.25) is 9.48 Å². The molecule has 1 aliphatic heterocycles. The number of rotatable bonds is 6. The second kappa shape index (κ2) is 6.70. The number of aromatic nitrogens is 2. The van der Waals surface area contributed by atoms with E-state index in [0.717, 1.165) is 50.3 Å². The van der Waals surface area contributed by atoms with Crippen LogP contribution in [0.15, 0.2) is 6.07 Å². The van der Waals surface area contributed by atoms with E-state index in [-0.39, 0.29) is 5.91 Å². The standard InChI is InChI=1S/C14H24N4O/c1-3-12-9-13(18(4-2)16-12)10-15-11-14(19)17-7-5-6-8-17/h9,15H,3-8,10-11H2,1-2H3. The van der Waals surface area contributed by atoms with E-state index in [1.807, 2.05) is 9.58 Å². The second-order valence-electron chi connectivity index (χ2n) is 4.99. The number of amides is 1. The van der Waals surface area contributed by atoms with Crippen LogP contribution in [-0.4, -0.2) is 40.2 Å². The van der Waals surface area contributed by atoms with Gasteiger partial charge in [0, 0.05) is 26.2 Å². The van der Waals surface area contributed by atoms with E-state index in [9.17, 15) is 4.79 Å². The lowest BCUT2D eigenvalue weighted by atomic mass is 10.3. The van der Waals surface area contributed by atoms with Crippen molar-refractivity contribution in [2.45, 2.75) is 46.2 Å². The second-order valence-corrected chi connectivity index (χ2v) is 4.99. The van der Waals surface area contributed by atoms with E-state index >= 15 is 0 Å². The van der Waals surface area contributed by atoms with E-state index in [1.165, 1.54) is 0 Å². The third-order valence-corrected chi connectivity index (χ3v) is 3.62. The Hall–Kier alpha value is -1.36. The summed E-state index contributed by atoms with van der Waals surface area (Å²) in [6.45, 7) is 8.05. The van der Waals surface area contributed by atoms with Crippen LogP contribution in [0.2, 0.25) is 0 Å². The van der Waals surface area contributed by atoms with Crippen molar-refractivity contribution < 1.29 is 4.79 Å². The molecular formula is C14H24N4O. The molecule has 19 heavy (non-hydrogen) atoms. The van der Waals surface area contributed by atoms with Crippen molar-refractivity contribution in [1.29, 1.82) is 0 Å². The summed E-state index contributed by atoms with van der Waals surface area (Å²) in [5.41, 5.74) is 2.28. The Kier molecular flexibility index (Phi) is 4.96. The molecule has 1 aromatic heterocycles. The smallest absolute Gasteiger partial charge is 0.236 e. The van der Waals surface area contributed by atoms with Crippen molar-refractivity contribution in [2.75, 3.05) is 19.6 Å². The fourth-order valence-corrected chi connectivity index (χ4v) is 2.48. The number of hydrogen-bond acceptors (Lipinski definition) is 3. The number of aryl methyl sites for hydroxylation is 2. The zero-order chi connectivity index (χ0) is 13.7. The Balaban J connectivity index is 1.81. The quantitative estimate of drug-likeness (QED) is 0.839. The molecule has 0 saturated carbocycles. The zero-order valence-corrected chi connectivity index (χ0v) is 12.0. The maximum atomic E-state index is 11.9. The molecule has 1 amide bonds. The molecule has 1 aliphatic rings. The molecule has 5 heteroatoms. The molecule has 0 unspecified atom stereocenters.